The zero-order chi connectivity index (χ0) is 9.14. The van der Waals surface area contributed by atoms with Gasteiger partial charge in [0, 0.05) is 6.07 Å². The quantitative estimate of drug-likeness (QED) is 0.526. The van der Waals surface area contributed by atoms with Gasteiger partial charge in [-0.25, -0.2) is 4.79 Å². The second-order valence-electron chi connectivity index (χ2n) is 2.17. The molecule has 1 N–H and O–H groups in total. The second kappa shape index (κ2) is 3.17. The summed E-state index contributed by atoms with van der Waals surface area (Å²) in [6, 6.07) is 1.33. The van der Waals surface area contributed by atoms with E-state index in [9.17, 15) is 9.59 Å². The molecule has 0 saturated heterocycles. The SMILES string of the molecule is CCc1cc(C(=O)C(=O)O)on1. The first-order valence-electron chi connectivity index (χ1n) is 3.38. The van der Waals surface area contributed by atoms with Crippen molar-refractivity contribution in [1.29, 1.82) is 0 Å². The predicted octanol–water partition coefficient (Wildman–Crippen LogP) is 0.504. The van der Waals surface area contributed by atoms with Crippen molar-refractivity contribution in [2.45, 2.75) is 13.3 Å². The topological polar surface area (TPSA) is 80.4 Å². The first-order chi connectivity index (χ1) is 5.65. The van der Waals surface area contributed by atoms with Crippen LogP contribution in [0.5, 0.6) is 0 Å². The molecule has 12 heavy (non-hydrogen) atoms. The van der Waals surface area contributed by atoms with Crippen LogP contribution >= 0.6 is 0 Å². The zero-order valence-electron chi connectivity index (χ0n) is 6.40. The van der Waals surface area contributed by atoms with Gasteiger partial charge in [-0.2, -0.15) is 0 Å². The maximum Gasteiger partial charge on any atom is 0.380 e. The minimum Gasteiger partial charge on any atom is -0.475 e. The van der Waals surface area contributed by atoms with Gasteiger partial charge in [-0.05, 0) is 6.42 Å². The summed E-state index contributed by atoms with van der Waals surface area (Å²) in [6.45, 7) is 1.83. The van der Waals surface area contributed by atoms with Gasteiger partial charge in [0.1, 0.15) is 0 Å². The van der Waals surface area contributed by atoms with E-state index < -0.39 is 11.8 Å². The Bertz CT molecular complexity index is 315. The molecule has 0 aromatic carbocycles. The highest BCUT2D eigenvalue weighted by atomic mass is 16.5. The molecule has 0 aliphatic heterocycles. The largest absolute Gasteiger partial charge is 0.475 e. The summed E-state index contributed by atoms with van der Waals surface area (Å²) in [7, 11) is 0. The van der Waals surface area contributed by atoms with Crippen LogP contribution < -0.4 is 0 Å². The normalized spacial score (nSPS) is 9.75. The van der Waals surface area contributed by atoms with Crippen molar-refractivity contribution < 1.29 is 19.2 Å². The number of hydrogen-bond donors (Lipinski definition) is 1. The monoisotopic (exact) mass is 169 g/mol. The van der Waals surface area contributed by atoms with E-state index in [1.165, 1.54) is 6.07 Å². The van der Waals surface area contributed by atoms with Gasteiger partial charge in [-0.15, -0.1) is 0 Å². The Labute approximate surface area is 68.0 Å². The number of carbonyl (C=O) groups is 2. The summed E-state index contributed by atoms with van der Waals surface area (Å²) >= 11 is 0. The van der Waals surface area contributed by atoms with Gasteiger partial charge >= 0.3 is 11.8 Å². The van der Waals surface area contributed by atoms with E-state index in [1.54, 1.807) is 0 Å². The van der Waals surface area contributed by atoms with Crippen molar-refractivity contribution in [2.24, 2.45) is 0 Å². The second-order valence-corrected chi connectivity index (χ2v) is 2.17. The molecule has 0 aliphatic rings. The molecule has 0 amide bonds. The lowest BCUT2D eigenvalue weighted by Crippen LogP contribution is -2.11. The van der Waals surface area contributed by atoms with Crippen LogP contribution in [0.3, 0.4) is 0 Å². The molecule has 0 radical (unpaired) electrons. The number of hydrogen-bond acceptors (Lipinski definition) is 4. The minimum absolute atomic E-state index is 0.223. The lowest BCUT2D eigenvalue weighted by molar-refractivity contribution is -0.132. The average Bonchev–Trinajstić information content (AvgIpc) is 2.50. The molecule has 0 atom stereocenters. The third-order valence-corrected chi connectivity index (χ3v) is 1.34. The molecule has 1 aromatic rings. The smallest absolute Gasteiger partial charge is 0.380 e. The Morgan fingerprint density at radius 3 is 2.75 bits per heavy atom. The van der Waals surface area contributed by atoms with E-state index in [2.05, 4.69) is 9.68 Å². The van der Waals surface area contributed by atoms with Gasteiger partial charge in [0.2, 0.25) is 5.76 Å². The molecular formula is C7H7NO4. The summed E-state index contributed by atoms with van der Waals surface area (Å²) < 4.78 is 4.50. The molecule has 0 aliphatic carbocycles. The Kier molecular flexibility index (Phi) is 2.23. The lowest BCUT2D eigenvalue weighted by atomic mass is 10.2. The molecule has 0 unspecified atom stereocenters. The molecule has 5 nitrogen and oxygen atoms in total. The summed E-state index contributed by atoms with van der Waals surface area (Å²) in [6.07, 6.45) is 0.608. The fraction of sp³-hybridized carbons (Fsp3) is 0.286. The molecule has 0 spiro atoms. The molecule has 0 bridgehead atoms. The van der Waals surface area contributed by atoms with Gasteiger partial charge in [0.15, 0.2) is 0 Å². The van der Waals surface area contributed by atoms with Crippen molar-refractivity contribution in [2.75, 3.05) is 0 Å². The number of aryl methyl sites for hydroxylation is 1. The minimum atomic E-state index is -1.53. The summed E-state index contributed by atoms with van der Waals surface area (Å²) in [5.41, 5.74) is 0.569. The number of carboxylic acid groups (broad SMARTS) is 1. The zero-order valence-corrected chi connectivity index (χ0v) is 6.40. The fourth-order valence-corrected chi connectivity index (χ4v) is 0.691. The number of aliphatic carboxylic acids is 1. The Morgan fingerprint density at radius 2 is 2.33 bits per heavy atom. The molecular weight excluding hydrogens is 162 g/mol. The van der Waals surface area contributed by atoms with Crippen LogP contribution in [0.2, 0.25) is 0 Å². The molecule has 0 saturated carbocycles. The van der Waals surface area contributed by atoms with Gasteiger partial charge in [0.05, 0.1) is 5.69 Å². The third kappa shape index (κ3) is 1.50. The van der Waals surface area contributed by atoms with Crippen LogP contribution in [0.25, 0.3) is 0 Å². The highest BCUT2D eigenvalue weighted by Crippen LogP contribution is 2.04. The van der Waals surface area contributed by atoms with Gasteiger partial charge in [-0.1, -0.05) is 12.1 Å². The number of carbonyl (C=O) groups excluding carboxylic acids is 1. The number of nitrogens with zero attached hydrogens (tertiary/aromatic N) is 1. The van der Waals surface area contributed by atoms with E-state index >= 15 is 0 Å². The maximum absolute atomic E-state index is 10.7. The van der Waals surface area contributed by atoms with Gasteiger partial charge in [0.25, 0.3) is 0 Å². The molecule has 1 rings (SSSR count). The Balaban J connectivity index is 2.89. The fourth-order valence-electron chi connectivity index (χ4n) is 0.691. The van der Waals surface area contributed by atoms with Crippen LogP contribution in [0.4, 0.5) is 0 Å². The van der Waals surface area contributed by atoms with Crippen molar-refractivity contribution in [1.82, 2.24) is 5.16 Å². The first-order valence-corrected chi connectivity index (χ1v) is 3.38. The van der Waals surface area contributed by atoms with Crippen molar-refractivity contribution >= 4 is 11.8 Å². The van der Waals surface area contributed by atoms with Crippen LogP contribution in [0.1, 0.15) is 23.2 Å². The first kappa shape index (κ1) is 8.45. The highest BCUT2D eigenvalue weighted by Gasteiger charge is 2.19. The molecule has 0 fully saturated rings. The predicted molar refractivity (Wildman–Crippen MR) is 37.8 cm³/mol. The van der Waals surface area contributed by atoms with Crippen LogP contribution in [-0.4, -0.2) is 22.0 Å². The number of Topliss-reactive ketones (excluding diaryl/α,β-unsaturated/α-hetero) is 1. The number of carboxylic acids is 1. The van der Waals surface area contributed by atoms with Crippen LogP contribution in [0, 0.1) is 0 Å². The number of ketones is 1. The summed E-state index contributed by atoms with van der Waals surface area (Å²) in [5.74, 6) is -2.82. The standard InChI is InChI=1S/C7H7NO4/c1-2-4-3-5(12-8-4)6(9)7(10)11/h3H,2H2,1H3,(H,10,11). The van der Waals surface area contributed by atoms with Crippen molar-refractivity contribution in [3.8, 4) is 0 Å². The van der Waals surface area contributed by atoms with Crippen LogP contribution in [-0.2, 0) is 11.2 Å². The third-order valence-electron chi connectivity index (χ3n) is 1.34. The molecule has 1 aromatic heterocycles. The Morgan fingerprint density at radius 1 is 1.67 bits per heavy atom. The number of aromatic nitrogens is 1. The summed E-state index contributed by atoms with van der Waals surface area (Å²) in [5, 5.41) is 11.8. The van der Waals surface area contributed by atoms with E-state index in [-0.39, 0.29) is 5.76 Å². The molecule has 5 heteroatoms. The van der Waals surface area contributed by atoms with Crippen molar-refractivity contribution in [3.05, 3.63) is 17.5 Å². The average molecular weight is 169 g/mol. The lowest BCUT2D eigenvalue weighted by Gasteiger charge is -1.83. The molecule has 64 valence electrons. The highest BCUT2D eigenvalue weighted by molar-refractivity contribution is 6.38. The van der Waals surface area contributed by atoms with E-state index in [1.807, 2.05) is 6.92 Å². The molecule has 1 heterocycles. The summed E-state index contributed by atoms with van der Waals surface area (Å²) in [4.78, 5) is 20.9. The van der Waals surface area contributed by atoms with E-state index in [0.717, 1.165) is 0 Å². The van der Waals surface area contributed by atoms with E-state index in [4.69, 9.17) is 5.11 Å². The van der Waals surface area contributed by atoms with Crippen molar-refractivity contribution in [3.63, 3.8) is 0 Å². The maximum atomic E-state index is 10.7. The Hall–Kier alpha value is -1.65. The van der Waals surface area contributed by atoms with Gasteiger partial charge < -0.3 is 9.63 Å². The number of rotatable bonds is 3. The van der Waals surface area contributed by atoms with Crippen LogP contribution in [0.15, 0.2) is 10.6 Å². The van der Waals surface area contributed by atoms with E-state index in [0.29, 0.717) is 12.1 Å². The van der Waals surface area contributed by atoms with Gasteiger partial charge in [-0.3, -0.25) is 4.79 Å².